The van der Waals surface area contributed by atoms with Crippen LogP contribution in [0.15, 0.2) is 26.8 Å². The van der Waals surface area contributed by atoms with Gasteiger partial charge in [0, 0.05) is 23.1 Å². The summed E-state index contributed by atoms with van der Waals surface area (Å²) in [6.45, 7) is -0.340. The van der Waals surface area contributed by atoms with E-state index >= 15 is 0 Å². The molecule has 0 saturated carbocycles. The molecule has 2 aromatic rings. The number of amides is 2. The molecule has 4 rings (SSSR count). The zero-order chi connectivity index (χ0) is 23.7. The van der Waals surface area contributed by atoms with Gasteiger partial charge >= 0.3 is 5.97 Å². The number of nitrogen functional groups attached to an aromatic ring is 1. The number of tetrazole rings is 1. The van der Waals surface area contributed by atoms with Crippen molar-refractivity contribution in [2.24, 2.45) is 0 Å². The monoisotopic (exact) mass is 548 g/mol. The second-order valence-corrected chi connectivity index (χ2v) is 10.6. The van der Waals surface area contributed by atoms with Crippen molar-refractivity contribution in [3.8, 4) is 0 Å². The number of carboxylic acids is 1. The molecule has 174 valence electrons. The number of halogens is 2. The molecule has 0 spiro atoms. The lowest BCUT2D eigenvalue weighted by molar-refractivity contribution is -0.144. The molecule has 12 nitrogen and oxygen atoms in total. The van der Waals surface area contributed by atoms with Gasteiger partial charge in [0.1, 0.15) is 22.5 Å². The minimum atomic E-state index is -1.05. The van der Waals surface area contributed by atoms with Crippen LogP contribution in [0.2, 0.25) is 0 Å². The molecule has 2 atom stereocenters. The Morgan fingerprint density at radius 2 is 2.18 bits per heavy atom. The molecular weight excluding hydrogens is 535 g/mol. The van der Waals surface area contributed by atoms with Crippen molar-refractivity contribution >= 4 is 86.6 Å². The van der Waals surface area contributed by atoms with Crippen molar-refractivity contribution in [1.82, 2.24) is 35.4 Å². The maximum atomic E-state index is 12.7. The van der Waals surface area contributed by atoms with Crippen molar-refractivity contribution in [2.75, 3.05) is 17.2 Å². The fourth-order valence-corrected chi connectivity index (χ4v) is 6.19. The molecule has 2 amide bonds. The predicted octanol–water partition coefficient (Wildman–Crippen LogP) is 1.02. The second kappa shape index (κ2) is 9.89. The number of rotatable bonds is 8. The molecule has 33 heavy (non-hydrogen) atoms. The highest BCUT2D eigenvalue weighted by Gasteiger charge is 2.49. The number of nitrogens with one attached hydrogen (secondary N) is 1. The minimum Gasteiger partial charge on any atom is -0.480 e. The molecule has 4 N–H and O–H groups in total. The van der Waals surface area contributed by atoms with Crippen LogP contribution in [0.1, 0.15) is 5.69 Å². The summed E-state index contributed by atoms with van der Waals surface area (Å²) in [5.74, 6) is -0.863. The van der Waals surface area contributed by atoms with Crippen LogP contribution in [0.4, 0.5) is 5.13 Å². The molecule has 0 bridgehead atoms. The maximum Gasteiger partial charge on any atom is 0.325 e. The summed E-state index contributed by atoms with van der Waals surface area (Å²) >= 11 is 15.7. The number of aromatic nitrogens is 5. The van der Waals surface area contributed by atoms with Gasteiger partial charge in [-0.15, -0.1) is 28.2 Å². The highest BCUT2D eigenvalue weighted by molar-refractivity contribution is 8.01. The SMILES string of the molecule is Nc1nc(C(C(=O)NC2C(=O)N3C=C(CSc4nnnn4CC(=O)O)CS[C@@H]23)=C(Cl)Cl)cs1. The lowest BCUT2D eigenvalue weighted by Crippen LogP contribution is -2.68. The topological polar surface area (TPSA) is 169 Å². The standard InChI is InChI=1S/C16H14Cl2N8O4S3/c17-11(18)9(7-5-32-15(19)20-7)12(29)21-10-13(30)25-1-6(3-31-14(10)25)4-33-16-22-23-24-26(16)2-8(27)28/h1,5,10,14H,2-4H2,(H2,19,20)(H,21,29)(H,27,28)/t10?,14-/m0/s1. The molecule has 17 heteroatoms. The summed E-state index contributed by atoms with van der Waals surface area (Å²) < 4.78 is 0.914. The van der Waals surface area contributed by atoms with E-state index in [0.717, 1.165) is 16.9 Å². The average Bonchev–Trinajstić information content (AvgIpc) is 3.38. The molecule has 1 fully saturated rings. The number of thiazole rings is 1. The smallest absolute Gasteiger partial charge is 0.325 e. The maximum absolute atomic E-state index is 12.7. The van der Waals surface area contributed by atoms with E-state index in [2.05, 4.69) is 25.8 Å². The normalized spacial score (nSPS) is 19.4. The third-order valence-electron chi connectivity index (χ3n) is 4.49. The number of anilines is 1. The number of aliphatic carboxylic acids is 1. The van der Waals surface area contributed by atoms with Gasteiger partial charge in [-0.25, -0.2) is 9.67 Å². The van der Waals surface area contributed by atoms with E-state index in [0.29, 0.717) is 16.7 Å². The van der Waals surface area contributed by atoms with E-state index in [4.69, 9.17) is 34.0 Å². The number of nitrogens with two attached hydrogens (primary N) is 1. The number of hydrogen-bond donors (Lipinski definition) is 3. The number of carbonyl (C=O) groups is 3. The van der Waals surface area contributed by atoms with Crippen LogP contribution in [-0.2, 0) is 20.9 Å². The van der Waals surface area contributed by atoms with Gasteiger partial charge in [-0.05, 0) is 16.0 Å². The van der Waals surface area contributed by atoms with Crippen molar-refractivity contribution in [1.29, 1.82) is 0 Å². The Morgan fingerprint density at radius 1 is 1.39 bits per heavy atom. The molecular formula is C16H14Cl2N8O4S3. The number of nitrogens with zero attached hydrogens (tertiary/aromatic N) is 6. The van der Waals surface area contributed by atoms with Gasteiger partial charge in [0.2, 0.25) is 5.16 Å². The first-order valence-electron chi connectivity index (χ1n) is 9.06. The van der Waals surface area contributed by atoms with Crippen LogP contribution >= 0.6 is 58.1 Å². The molecule has 2 aliphatic heterocycles. The number of hydrogen-bond acceptors (Lipinski definition) is 11. The van der Waals surface area contributed by atoms with E-state index < -0.39 is 17.9 Å². The number of thioether (sulfide) groups is 2. The van der Waals surface area contributed by atoms with Gasteiger partial charge in [-0.1, -0.05) is 35.0 Å². The van der Waals surface area contributed by atoms with Gasteiger partial charge in [0.05, 0.1) is 11.3 Å². The van der Waals surface area contributed by atoms with Crippen LogP contribution in [0.5, 0.6) is 0 Å². The van der Waals surface area contributed by atoms with Crippen LogP contribution < -0.4 is 11.1 Å². The average molecular weight is 549 g/mol. The van der Waals surface area contributed by atoms with Gasteiger partial charge in [-0.2, -0.15) is 0 Å². The highest BCUT2D eigenvalue weighted by Crippen LogP contribution is 2.38. The largest absolute Gasteiger partial charge is 0.480 e. The minimum absolute atomic E-state index is 0.0509. The van der Waals surface area contributed by atoms with Crippen molar-refractivity contribution in [3.63, 3.8) is 0 Å². The van der Waals surface area contributed by atoms with Crippen molar-refractivity contribution in [2.45, 2.75) is 23.1 Å². The number of fused-ring (bicyclic) bond motifs is 1. The summed E-state index contributed by atoms with van der Waals surface area (Å²) in [4.78, 5) is 41.8. The highest BCUT2D eigenvalue weighted by atomic mass is 35.5. The molecule has 2 aromatic heterocycles. The third kappa shape index (κ3) is 5.11. The Labute approximate surface area is 208 Å². The third-order valence-corrected chi connectivity index (χ3v) is 7.99. The van der Waals surface area contributed by atoms with Crippen LogP contribution in [0.3, 0.4) is 0 Å². The first-order valence-corrected chi connectivity index (χ1v) is 12.7. The molecule has 2 aliphatic rings. The van der Waals surface area contributed by atoms with Gasteiger partial charge in [0.15, 0.2) is 5.13 Å². The van der Waals surface area contributed by atoms with Gasteiger partial charge < -0.3 is 21.1 Å². The summed E-state index contributed by atoms with van der Waals surface area (Å²) in [7, 11) is 0. The molecule has 4 heterocycles. The lowest BCUT2D eigenvalue weighted by Gasteiger charge is -2.47. The zero-order valence-electron chi connectivity index (χ0n) is 16.3. The second-order valence-electron chi connectivity index (χ2n) is 6.69. The van der Waals surface area contributed by atoms with E-state index in [9.17, 15) is 14.4 Å². The van der Waals surface area contributed by atoms with Crippen LogP contribution in [0.25, 0.3) is 5.57 Å². The van der Waals surface area contributed by atoms with Crippen molar-refractivity contribution in [3.05, 3.63) is 27.3 Å². The fraction of sp³-hybridized carbons (Fsp3) is 0.312. The predicted molar refractivity (Wildman–Crippen MR) is 124 cm³/mol. The molecule has 0 aliphatic carbocycles. The number of carboxylic acid groups (broad SMARTS) is 1. The molecule has 0 aromatic carbocycles. The van der Waals surface area contributed by atoms with Crippen LogP contribution in [-0.4, -0.2) is 75.9 Å². The summed E-state index contributed by atoms with van der Waals surface area (Å²) in [5, 5.41) is 24.4. The molecule has 1 saturated heterocycles. The lowest BCUT2D eigenvalue weighted by atomic mass is 10.1. The number of β-lactam (4-membered cyclic amide) rings is 1. The molecule has 1 unspecified atom stereocenters. The van der Waals surface area contributed by atoms with E-state index in [1.165, 1.54) is 28.2 Å². The first-order chi connectivity index (χ1) is 15.7. The Kier molecular flexibility index (Phi) is 7.13. The Morgan fingerprint density at radius 3 is 2.85 bits per heavy atom. The quantitative estimate of drug-likeness (QED) is 0.244. The fourth-order valence-electron chi connectivity index (χ4n) is 3.04. The van der Waals surface area contributed by atoms with Crippen molar-refractivity contribution < 1.29 is 19.5 Å². The summed E-state index contributed by atoms with van der Waals surface area (Å²) in [6.07, 6.45) is 1.73. The molecule has 0 radical (unpaired) electrons. The van der Waals surface area contributed by atoms with E-state index in [1.807, 2.05) is 0 Å². The Bertz CT molecular complexity index is 1180. The first kappa shape index (κ1) is 23.8. The summed E-state index contributed by atoms with van der Waals surface area (Å²) in [6, 6.07) is -0.741. The van der Waals surface area contributed by atoms with E-state index in [-0.39, 0.29) is 38.7 Å². The van der Waals surface area contributed by atoms with Gasteiger partial charge in [-0.3, -0.25) is 14.4 Å². The zero-order valence-corrected chi connectivity index (χ0v) is 20.3. The summed E-state index contributed by atoms with van der Waals surface area (Å²) in [5.41, 5.74) is 6.74. The Balaban J connectivity index is 1.37. The van der Waals surface area contributed by atoms with Gasteiger partial charge in [0.25, 0.3) is 11.8 Å². The number of carbonyl (C=O) groups excluding carboxylic acids is 2. The van der Waals surface area contributed by atoms with E-state index in [1.54, 1.807) is 16.5 Å². The van der Waals surface area contributed by atoms with Crippen LogP contribution in [0, 0.1) is 0 Å². The Hall–Kier alpha value is -2.33.